The third-order valence-electron chi connectivity index (χ3n) is 8.21. The van der Waals surface area contributed by atoms with Crippen LogP contribution in [-0.4, -0.2) is 19.4 Å². The van der Waals surface area contributed by atoms with Gasteiger partial charge in [0.2, 0.25) is 0 Å². The van der Waals surface area contributed by atoms with Crippen molar-refractivity contribution in [1.29, 1.82) is 0 Å². The third kappa shape index (κ3) is 36.8. The van der Waals surface area contributed by atoms with Crippen LogP contribution < -0.4 is 0 Å². The highest BCUT2D eigenvalue weighted by molar-refractivity contribution is 5.59. The molecule has 0 aliphatic heterocycles. The normalized spacial score (nSPS) is 11.8. The molecule has 0 aromatic heterocycles. The highest BCUT2D eigenvalue weighted by atomic mass is 16.7. The van der Waals surface area contributed by atoms with Crippen molar-refractivity contribution in [2.75, 3.05) is 13.2 Å². The third-order valence-corrected chi connectivity index (χ3v) is 8.21. The maximum atomic E-state index is 11.7. The molecule has 0 aromatic rings. The number of carbonyl (C=O) groups excluding carboxylic acids is 1. The Morgan fingerprint density at radius 1 is 0.476 bits per heavy atom. The summed E-state index contributed by atoms with van der Waals surface area (Å²) in [4.78, 5) is 11.7. The van der Waals surface area contributed by atoms with Crippen LogP contribution in [-0.2, 0) is 9.47 Å². The van der Waals surface area contributed by atoms with Crippen molar-refractivity contribution in [1.82, 2.24) is 0 Å². The number of ether oxygens (including phenoxy) is 2. The molecular weight excluding hydrogens is 516 g/mol. The lowest BCUT2D eigenvalue weighted by Gasteiger charge is -2.07. The first kappa shape index (κ1) is 40.8. The number of rotatable bonds is 33. The van der Waals surface area contributed by atoms with E-state index in [1.54, 1.807) is 0 Å². The van der Waals surface area contributed by atoms with E-state index in [1.807, 2.05) is 0 Å². The summed E-state index contributed by atoms with van der Waals surface area (Å²) in [6.45, 7) is 7.90. The molecule has 0 heterocycles. The molecule has 0 aliphatic rings. The first-order valence-electron chi connectivity index (χ1n) is 18.8. The van der Waals surface area contributed by atoms with Crippen LogP contribution in [0.3, 0.4) is 0 Å². The van der Waals surface area contributed by atoms with Crippen LogP contribution in [0.2, 0.25) is 0 Å². The SMILES string of the molecule is CCCCC/C=C\C/C=C\CCCCCCCCOC(=O)OCCCCCCCCCCCCCCCCCC(C)C. The first-order chi connectivity index (χ1) is 20.7. The molecule has 0 fully saturated rings. The molecule has 0 rings (SSSR count). The molecule has 0 N–H and O–H groups in total. The van der Waals surface area contributed by atoms with Gasteiger partial charge in [-0.25, -0.2) is 4.79 Å². The van der Waals surface area contributed by atoms with Gasteiger partial charge < -0.3 is 9.47 Å². The predicted molar refractivity (Wildman–Crippen MR) is 185 cm³/mol. The highest BCUT2D eigenvalue weighted by Gasteiger charge is 2.03. The number of hydrogen-bond acceptors (Lipinski definition) is 3. The summed E-state index contributed by atoms with van der Waals surface area (Å²) in [7, 11) is 0. The summed E-state index contributed by atoms with van der Waals surface area (Å²) in [6.07, 6.45) is 45.0. The molecule has 3 heteroatoms. The Balaban J connectivity index is 3.21. The largest absolute Gasteiger partial charge is 0.508 e. The topological polar surface area (TPSA) is 35.5 Å². The van der Waals surface area contributed by atoms with Crippen molar-refractivity contribution in [3.8, 4) is 0 Å². The Morgan fingerprint density at radius 2 is 0.833 bits per heavy atom. The van der Waals surface area contributed by atoms with Crippen LogP contribution in [0, 0.1) is 5.92 Å². The Bertz CT molecular complexity index is 580. The molecule has 0 saturated carbocycles. The van der Waals surface area contributed by atoms with Crippen LogP contribution in [0.1, 0.15) is 201 Å². The van der Waals surface area contributed by atoms with Gasteiger partial charge in [0.05, 0.1) is 13.2 Å². The Kier molecular flexibility index (Phi) is 34.9. The molecule has 0 amide bonds. The van der Waals surface area contributed by atoms with Gasteiger partial charge in [-0.2, -0.15) is 0 Å². The standard InChI is InChI=1S/C39H74O3/c1-4-5-6-7-8-9-10-11-12-15-18-21-24-27-30-33-36-41-39(40)42-37-34-31-28-25-22-19-16-13-14-17-20-23-26-29-32-35-38(2)3/h8-9,11-12,38H,4-7,10,13-37H2,1-3H3/b9-8-,12-11-. The number of carbonyl (C=O) groups is 1. The minimum atomic E-state index is -0.483. The van der Waals surface area contributed by atoms with Crippen LogP contribution in [0.5, 0.6) is 0 Å². The van der Waals surface area contributed by atoms with Crippen LogP contribution in [0.25, 0.3) is 0 Å². The van der Waals surface area contributed by atoms with E-state index in [9.17, 15) is 4.79 Å². The van der Waals surface area contributed by atoms with E-state index >= 15 is 0 Å². The van der Waals surface area contributed by atoms with Gasteiger partial charge in [0, 0.05) is 0 Å². The molecule has 0 saturated heterocycles. The van der Waals surface area contributed by atoms with Crippen molar-refractivity contribution < 1.29 is 14.3 Å². The van der Waals surface area contributed by atoms with E-state index in [4.69, 9.17) is 9.47 Å². The molecule has 0 radical (unpaired) electrons. The fourth-order valence-corrected chi connectivity index (χ4v) is 5.40. The smallest absolute Gasteiger partial charge is 0.434 e. The summed E-state index contributed by atoms with van der Waals surface area (Å²) in [6, 6.07) is 0. The van der Waals surface area contributed by atoms with Gasteiger partial charge in [0.15, 0.2) is 0 Å². The number of allylic oxidation sites excluding steroid dienone is 4. The van der Waals surface area contributed by atoms with Gasteiger partial charge in [-0.1, -0.05) is 180 Å². The van der Waals surface area contributed by atoms with Crippen molar-refractivity contribution in [2.45, 2.75) is 201 Å². The van der Waals surface area contributed by atoms with E-state index in [2.05, 4.69) is 45.1 Å². The average Bonchev–Trinajstić information content (AvgIpc) is 2.98. The maximum absolute atomic E-state index is 11.7. The maximum Gasteiger partial charge on any atom is 0.508 e. The monoisotopic (exact) mass is 591 g/mol. The molecule has 0 spiro atoms. The van der Waals surface area contributed by atoms with Gasteiger partial charge in [-0.15, -0.1) is 0 Å². The van der Waals surface area contributed by atoms with Gasteiger partial charge in [0.1, 0.15) is 0 Å². The lowest BCUT2D eigenvalue weighted by atomic mass is 10.0. The zero-order chi connectivity index (χ0) is 30.6. The van der Waals surface area contributed by atoms with Gasteiger partial charge in [-0.05, 0) is 50.9 Å². The van der Waals surface area contributed by atoms with Gasteiger partial charge in [-0.3, -0.25) is 0 Å². The molecule has 0 aliphatic carbocycles. The number of unbranched alkanes of at least 4 members (excludes halogenated alkanes) is 23. The summed E-state index contributed by atoms with van der Waals surface area (Å²) in [5.74, 6) is 0.871. The molecule has 248 valence electrons. The molecular formula is C39H74O3. The zero-order valence-electron chi connectivity index (χ0n) is 28.8. The van der Waals surface area contributed by atoms with Gasteiger partial charge >= 0.3 is 6.16 Å². The first-order valence-corrected chi connectivity index (χ1v) is 18.8. The highest BCUT2D eigenvalue weighted by Crippen LogP contribution is 2.15. The van der Waals surface area contributed by atoms with Crippen LogP contribution >= 0.6 is 0 Å². The molecule has 0 bridgehead atoms. The van der Waals surface area contributed by atoms with Crippen LogP contribution in [0.15, 0.2) is 24.3 Å². The lowest BCUT2D eigenvalue weighted by Crippen LogP contribution is -2.09. The average molecular weight is 591 g/mol. The second-order valence-corrected chi connectivity index (χ2v) is 13.0. The van der Waals surface area contributed by atoms with E-state index in [-0.39, 0.29) is 0 Å². The Hall–Kier alpha value is -1.25. The minimum Gasteiger partial charge on any atom is -0.434 e. The van der Waals surface area contributed by atoms with Crippen molar-refractivity contribution in [3.05, 3.63) is 24.3 Å². The molecule has 0 aromatic carbocycles. The molecule has 0 unspecified atom stereocenters. The van der Waals surface area contributed by atoms with Crippen molar-refractivity contribution in [2.24, 2.45) is 5.92 Å². The Labute approximate surface area is 264 Å². The Morgan fingerprint density at radius 3 is 1.24 bits per heavy atom. The quantitative estimate of drug-likeness (QED) is 0.0433. The molecule has 0 atom stereocenters. The van der Waals surface area contributed by atoms with E-state index in [0.717, 1.165) is 38.0 Å². The minimum absolute atomic E-state index is 0.483. The fourth-order valence-electron chi connectivity index (χ4n) is 5.40. The lowest BCUT2D eigenvalue weighted by molar-refractivity contribution is 0.0529. The molecule has 3 nitrogen and oxygen atoms in total. The van der Waals surface area contributed by atoms with Gasteiger partial charge in [0.25, 0.3) is 0 Å². The van der Waals surface area contributed by atoms with E-state index < -0.39 is 6.16 Å². The number of hydrogen-bond donors (Lipinski definition) is 0. The van der Waals surface area contributed by atoms with E-state index in [1.165, 1.54) is 148 Å². The van der Waals surface area contributed by atoms with Crippen LogP contribution in [0.4, 0.5) is 4.79 Å². The van der Waals surface area contributed by atoms with Crippen molar-refractivity contribution in [3.63, 3.8) is 0 Å². The summed E-state index contributed by atoms with van der Waals surface area (Å²) >= 11 is 0. The summed E-state index contributed by atoms with van der Waals surface area (Å²) < 4.78 is 10.4. The second kappa shape index (κ2) is 35.9. The predicted octanol–water partition coefficient (Wildman–Crippen LogP) is 13.9. The summed E-state index contributed by atoms with van der Waals surface area (Å²) in [5, 5.41) is 0. The second-order valence-electron chi connectivity index (χ2n) is 13.0. The fraction of sp³-hybridized carbons (Fsp3) is 0.872. The zero-order valence-corrected chi connectivity index (χ0v) is 28.8. The van der Waals surface area contributed by atoms with E-state index in [0.29, 0.717) is 13.2 Å². The van der Waals surface area contributed by atoms with Crippen molar-refractivity contribution >= 4 is 6.16 Å². The summed E-state index contributed by atoms with van der Waals surface area (Å²) in [5.41, 5.74) is 0. The molecule has 42 heavy (non-hydrogen) atoms.